The minimum atomic E-state index is -0.604. The molecule has 1 amide bonds. The zero-order chi connectivity index (χ0) is 14.8. The maximum absolute atomic E-state index is 13.7. The molecule has 1 atom stereocenters. The fourth-order valence-corrected chi connectivity index (χ4v) is 2.80. The minimum Gasteiger partial charge on any atom is -0.382 e. The van der Waals surface area contributed by atoms with Crippen LogP contribution in [0.25, 0.3) is 0 Å². The number of carbonyl (C=O) groups is 1. The van der Waals surface area contributed by atoms with Crippen molar-refractivity contribution in [2.45, 2.75) is 32.3 Å². The summed E-state index contributed by atoms with van der Waals surface area (Å²) in [5.74, 6) is 0.306. The molecule has 0 saturated carbocycles. The largest absolute Gasteiger partial charge is 0.382 e. The summed E-state index contributed by atoms with van der Waals surface area (Å²) in [6.07, 6.45) is 1.79. The average Bonchev–Trinajstić information content (AvgIpc) is 2.97. The number of benzene rings is 1. The van der Waals surface area contributed by atoms with E-state index in [0.717, 1.165) is 25.9 Å². The number of nitrogens with zero attached hydrogens (tertiary/aromatic N) is 2. The van der Waals surface area contributed by atoms with Crippen LogP contribution < -0.4 is 0 Å². The lowest BCUT2D eigenvalue weighted by Gasteiger charge is -2.31. The van der Waals surface area contributed by atoms with Gasteiger partial charge in [0.25, 0.3) is 5.91 Å². The molecule has 5 heteroatoms. The molecule has 1 fully saturated rings. The number of likely N-dealkylation sites (tertiary alicyclic amines) is 1. The summed E-state index contributed by atoms with van der Waals surface area (Å²) in [6.45, 7) is 3.75. The summed E-state index contributed by atoms with van der Waals surface area (Å²) in [5.41, 5.74) is 0.928. The topological polar surface area (TPSA) is 41.9 Å². The van der Waals surface area contributed by atoms with Crippen molar-refractivity contribution in [1.29, 1.82) is 0 Å². The predicted molar refractivity (Wildman–Crippen MR) is 77.4 cm³/mol. The Bertz CT molecular complexity index is 565. The van der Waals surface area contributed by atoms with Gasteiger partial charge in [-0.3, -0.25) is 4.79 Å². The SMILES string of the molecule is CC1CCN(C(=O)[C@H]2CC(c3ccccc3F)=NO2)CC1. The number of amides is 1. The molecule has 0 N–H and O–H groups in total. The highest BCUT2D eigenvalue weighted by atomic mass is 19.1. The Morgan fingerprint density at radius 3 is 2.76 bits per heavy atom. The molecule has 1 aromatic rings. The highest BCUT2D eigenvalue weighted by Gasteiger charge is 2.34. The molecule has 21 heavy (non-hydrogen) atoms. The molecule has 1 aromatic carbocycles. The Hall–Kier alpha value is -1.91. The number of oxime groups is 1. The second-order valence-corrected chi connectivity index (χ2v) is 5.82. The fourth-order valence-electron chi connectivity index (χ4n) is 2.80. The molecule has 0 unspecified atom stereocenters. The van der Waals surface area contributed by atoms with Crippen LogP contribution in [0.15, 0.2) is 29.4 Å². The third kappa shape index (κ3) is 2.91. The Labute approximate surface area is 123 Å². The van der Waals surface area contributed by atoms with Crippen LogP contribution in [0, 0.1) is 11.7 Å². The molecule has 0 aromatic heterocycles. The molecule has 2 aliphatic rings. The molecular formula is C16H19FN2O2. The maximum Gasteiger partial charge on any atom is 0.266 e. The lowest BCUT2D eigenvalue weighted by molar-refractivity contribution is -0.143. The van der Waals surface area contributed by atoms with E-state index < -0.39 is 6.10 Å². The van der Waals surface area contributed by atoms with E-state index in [-0.39, 0.29) is 11.7 Å². The van der Waals surface area contributed by atoms with Crippen LogP contribution >= 0.6 is 0 Å². The highest BCUT2D eigenvalue weighted by Crippen LogP contribution is 2.23. The Morgan fingerprint density at radius 1 is 1.33 bits per heavy atom. The zero-order valence-electron chi connectivity index (χ0n) is 12.1. The van der Waals surface area contributed by atoms with Gasteiger partial charge in [0.15, 0.2) is 0 Å². The van der Waals surface area contributed by atoms with Crippen molar-refractivity contribution in [2.24, 2.45) is 11.1 Å². The van der Waals surface area contributed by atoms with Gasteiger partial charge in [-0.05, 0) is 24.8 Å². The lowest BCUT2D eigenvalue weighted by Crippen LogP contribution is -2.43. The van der Waals surface area contributed by atoms with E-state index in [4.69, 9.17) is 4.84 Å². The lowest BCUT2D eigenvalue weighted by atomic mass is 9.98. The van der Waals surface area contributed by atoms with E-state index in [0.29, 0.717) is 23.6 Å². The van der Waals surface area contributed by atoms with Gasteiger partial charge in [0, 0.05) is 25.1 Å². The van der Waals surface area contributed by atoms with Crippen LogP contribution in [0.3, 0.4) is 0 Å². The zero-order valence-corrected chi connectivity index (χ0v) is 12.1. The van der Waals surface area contributed by atoms with Crippen LogP contribution in [-0.4, -0.2) is 35.7 Å². The van der Waals surface area contributed by atoms with Crippen molar-refractivity contribution in [3.63, 3.8) is 0 Å². The van der Waals surface area contributed by atoms with Crippen LogP contribution in [0.1, 0.15) is 31.7 Å². The molecule has 0 aliphatic carbocycles. The molecule has 4 nitrogen and oxygen atoms in total. The average molecular weight is 290 g/mol. The van der Waals surface area contributed by atoms with Gasteiger partial charge >= 0.3 is 0 Å². The van der Waals surface area contributed by atoms with Crippen molar-refractivity contribution < 1.29 is 14.0 Å². The quantitative estimate of drug-likeness (QED) is 0.840. The summed E-state index contributed by atoms with van der Waals surface area (Å²) in [5, 5.41) is 3.91. The molecule has 0 bridgehead atoms. The Morgan fingerprint density at radius 2 is 2.05 bits per heavy atom. The first-order valence-electron chi connectivity index (χ1n) is 7.41. The minimum absolute atomic E-state index is 0.0306. The molecule has 112 valence electrons. The molecule has 3 rings (SSSR count). The highest BCUT2D eigenvalue weighted by molar-refractivity contribution is 6.04. The van der Waals surface area contributed by atoms with Gasteiger partial charge in [-0.25, -0.2) is 4.39 Å². The van der Waals surface area contributed by atoms with Crippen LogP contribution in [-0.2, 0) is 9.63 Å². The van der Waals surface area contributed by atoms with E-state index in [9.17, 15) is 9.18 Å². The number of hydrogen-bond acceptors (Lipinski definition) is 3. The van der Waals surface area contributed by atoms with Crippen molar-refractivity contribution in [3.05, 3.63) is 35.6 Å². The maximum atomic E-state index is 13.7. The van der Waals surface area contributed by atoms with Crippen molar-refractivity contribution in [1.82, 2.24) is 4.90 Å². The first-order chi connectivity index (χ1) is 10.1. The van der Waals surface area contributed by atoms with Gasteiger partial charge in [-0.15, -0.1) is 0 Å². The van der Waals surface area contributed by atoms with Gasteiger partial charge in [-0.2, -0.15) is 0 Å². The van der Waals surface area contributed by atoms with Crippen LogP contribution in [0.2, 0.25) is 0 Å². The number of piperidine rings is 1. The summed E-state index contributed by atoms with van der Waals surface area (Å²) in [6, 6.07) is 6.43. The summed E-state index contributed by atoms with van der Waals surface area (Å²) < 4.78 is 13.7. The molecular weight excluding hydrogens is 271 g/mol. The Kier molecular flexibility index (Phi) is 3.90. The van der Waals surface area contributed by atoms with Gasteiger partial charge in [0.05, 0.1) is 5.71 Å². The molecule has 1 saturated heterocycles. The number of halogens is 1. The van der Waals surface area contributed by atoms with Gasteiger partial charge in [0.2, 0.25) is 6.10 Å². The van der Waals surface area contributed by atoms with E-state index >= 15 is 0 Å². The van der Waals surface area contributed by atoms with Gasteiger partial charge in [0.1, 0.15) is 5.82 Å². The smallest absolute Gasteiger partial charge is 0.266 e. The van der Waals surface area contributed by atoms with E-state index in [1.54, 1.807) is 18.2 Å². The molecule has 0 spiro atoms. The van der Waals surface area contributed by atoms with Crippen LogP contribution in [0.5, 0.6) is 0 Å². The molecule has 2 aliphatic heterocycles. The third-order valence-corrected chi connectivity index (χ3v) is 4.22. The Balaban J connectivity index is 1.64. The summed E-state index contributed by atoms with van der Waals surface area (Å²) in [7, 11) is 0. The fraction of sp³-hybridized carbons (Fsp3) is 0.500. The number of rotatable bonds is 2. The standard InChI is InChI=1S/C16H19FN2O2/c1-11-6-8-19(9-7-11)16(20)15-10-14(18-21-15)12-4-2-3-5-13(12)17/h2-5,11,15H,6-10H2,1H3/t15-/m1/s1. The van der Waals surface area contributed by atoms with E-state index in [1.807, 2.05) is 4.90 Å². The van der Waals surface area contributed by atoms with Crippen molar-refractivity contribution in [2.75, 3.05) is 13.1 Å². The molecule has 0 radical (unpaired) electrons. The normalized spacial score (nSPS) is 22.9. The van der Waals surface area contributed by atoms with Crippen LogP contribution in [0.4, 0.5) is 4.39 Å². The van der Waals surface area contributed by atoms with Crippen molar-refractivity contribution >= 4 is 11.6 Å². The third-order valence-electron chi connectivity index (χ3n) is 4.22. The monoisotopic (exact) mass is 290 g/mol. The number of hydrogen-bond donors (Lipinski definition) is 0. The van der Waals surface area contributed by atoms with E-state index in [2.05, 4.69) is 12.1 Å². The molecule has 2 heterocycles. The second-order valence-electron chi connectivity index (χ2n) is 5.82. The van der Waals surface area contributed by atoms with Crippen molar-refractivity contribution in [3.8, 4) is 0 Å². The first-order valence-corrected chi connectivity index (χ1v) is 7.41. The van der Waals surface area contributed by atoms with E-state index in [1.165, 1.54) is 6.07 Å². The first kappa shape index (κ1) is 14.0. The van der Waals surface area contributed by atoms with Gasteiger partial charge < -0.3 is 9.74 Å². The van der Waals surface area contributed by atoms with Gasteiger partial charge in [-0.1, -0.05) is 30.3 Å². The second kappa shape index (κ2) is 5.84. The summed E-state index contributed by atoms with van der Waals surface area (Å²) >= 11 is 0. The predicted octanol–water partition coefficient (Wildman–Crippen LogP) is 2.58. The summed E-state index contributed by atoms with van der Waals surface area (Å²) in [4.78, 5) is 19.5. The number of carbonyl (C=O) groups excluding carboxylic acids is 1.